The molecule has 116 valence electrons. The van der Waals surface area contributed by atoms with Gasteiger partial charge in [-0.15, -0.1) is 0 Å². The predicted molar refractivity (Wildman–Crippen MR) is 83.6 cm³/mol. The van der Waals surface area contributed by atoms with Crippen LogP contribution < -0.4 is 10.2 Å². The van der Waals surface area contributed by atoms with Gasteiger partial charge >= 0.3 is 12.0 Å². The Labute approximate surface area is 126 Å². The lowest BCUT2D eigenvalue weighted by atomic mass is 10.1. The summed E-state index contributed by atoms with van der Waals surface area (Å²) < 4.78 is 0. The summed E-state index contributed by atoms with van der Waals surface area (Å²) in [7, 11) is 0. The zero-order valence-corrected chi connectivity index (χ0v) is 12.7. The normalized spacial score (nSPS) is 11.7. The van der Waals surface area contributed by atoms with E-state index in [2.05, 4.69) is 12.2 Å². The molecule has 1 atom stereocenters. The lowest BCUT2D eigenvalue weighted by molar-refractivity contribution is -0.136. The number of aliphatic carboxylic acids is 1. The second-order valence-electron chi connectivity index (χ2n) is 4.97. The average molecular weight is 292 g/mol. The van der Waals surface area contributed by atoms with Gasteiger partial charge in [0.05, 0.1) is 6.42 Å². The number of benzene rings is 1. The van der Waals surface area contributed by atoms with Crippen LogP contribution in [0.1, 0.15) is 39.5 Å². The maximum atomic E-state index is 12.4. The van der Waals surface area contributed by atoms with Crippen molar-refractivity contribution in [3.63, 3.8) is 0 Å². The van der Waals surface area contributed by atoms with Gasteiger partial charge in [0.1, 0.15) is 0 Å². The summed E-state index contributed by atoms with van der Waals surface area (Å²) in [4.78, 5) is 24.7. The summed E-state index contributed by atoms with van der Waals surface area (Å²) in [5.74, 6) is -0.913. The van der Waals surface area contributed by atoms with Gasteiger partial charge in [0.2, 0.25) is 0 Å². The molecule has 0 radical (unpaired) electrons. The summed E-state index contributed by atoms with van der Waals surface area (Å²) in [5, 5.41) is 11.8. The van der Waals surface area contributed by atoms with Crippen LogP contribution in [-0.2, 0) is 4.79 Å². The van der Waals surface area contributed by atoms with E-state index in [1.165, 1.54) is 4.90 Å². The molecule has 5 nitrogen and oxygen atoms in total. The molecule has 0 aliphatic heterocycles. The van der Waals surface area contributed by atoms with Crippen molar-refractivity contribution < 1.29 is 14.7 Å². The fraction of sp³-hybridized carbons (Fsp3) is 0.500. The topological polar surface area (TPSA) is 69.6 Å². The SMILES string of the molecule is CCCC(CC)NC(=O)N(CCC(=O)O)c1ccccc1. The number of para-hydroxylation sites is 1. The van der Waals surface area contributed by atoms with E-state index in [4.69, 9.17) is 5.11 Å². The highest BCUT2D eigenvalue weighted by Gasteiger charge is 2.19. The first-order valence-electron chi connectivity index (χ1n) is 7.43. The molecule has 5 heteroatoms. The number of amides is 2. The summed E-state index contributed by atoms with van der Waals surface area (Å²) >= 11 is 0. The number of carbonyl (C=O) groups is 2. The quantitative estimate of drug-likeness (QED) is 0.772. The molecule has 0 aromatic heterocycles. The van der Waals surface area contributed by atoms with Crippen LogP contribution in [0.4, 0.5) is 10.5 Å². The molecule has 21 heavy (non-hydrogen) atoms. The van der Waals surface area contributed by atoms with Crippen molar-refractivity contribution in [2.24, 2.45) is 0 Å². The largest absolute Gasteiger partial charge is 0.481 e. The van der Waals surface area contributed by atoms with Crippen LogP contribution in [0.25, 0.3) is 0 Å². The van der Waals surface area contributed by atoms with Crippen LogP contribution in [0.2, 0.25) is 0 Å². The second-order valence-corrected chi connectivity index (χ2v) is 4.97. The predicted octanol–water partition coefficient (Wildman–Crippen LogP) is 3.26. The minimum absolute atomic E-state index is 0.0765. The zero-order valence-electron chi connectivity index (χ0n) is 12.7. The molecule has 0 aliphatic rings. The van der Waals surface area contributed by atoms with Gasteiger partial charge in [0, 0.05) is 18.3 Å². The van der Waals surface area contributed by atoms with Gasteiger partial charge in [-0.25, -0.2) is 4.79 Å². The fourth-order valence-corrected chi connectivity index (χ4v) is 2.14. The Morgan fingerprint density at radius 2 is 1.90 bits per heavy atom. The average Bonchev–Trinajstić information content (AvgIpc) is 2.47. The molecule has 0 bridgehead atoms. The van der Waals surface area contributed by atoms with Crippen LogP contribution in [0.3, 0.4) is 0 Å². The first kappa shape index (κ1) is 17.0. The molecule has 1 aromatic carbocycles. The number of anilines is 1. The van der Waals surface area contributed by atoms with Crippen LogP contribution in [0, 0.1) is 0 Å². The zero-order chi connectivity index (χ0) is 15.7. The minimum Gasteiger partial charge on any atom is -0.481 e. The van der Waals surface area contributed by atoms with Gasteiger partial charge < -0.3 is 10.4 Å². The van der Waals surface area contributed by atoms with Gasteiger partial charge in [-0.1, -0.05) is 38.5 Å². The molecular weight excluding hydrogens is 268 g/mol. The molecule has 1 aromatic rings. The van der Waals surface area contributed by atoms with Crippen molar-refractivity contribution in [2.45, 2.75) is 45.6 Å². The second kappa shape index (κ2) is 9.00. The Morgan fingerprint density at radius 1 is 1.24 bits per heavy atom. The lowest BCUT2D eigenvalue weighted by Crippen LogP contribution is -2.45. The van der Waals surface area contributed by atoms with Gasteiger partial charge in [0.15, 0.2) is 0 Å². The van der Waals surface area contributed by atoms with E-state index >= 15 is 0 Å². The Bertz CT molecular complexity index is 448. The van der Waals surface area contributed by atoms with Crippen molar-refractivity contribution in [1.82, 2.24) is 5.32 Å². The fourth-order valence-electron chi connectivity index (χ4n) is 2.14. The monoisotopic (exact) mass is 292 g/mol. The van der Waals surface area contributed by atoms with E-state index in [0.29, 0.717) is 5.69 Å². The van der Waals surface area contributed by atoms with E-state index in [1.807, 2.05) is 37.3 Å². The van der Waals surface area contributed by atoms with Gasteiger partial charge in [-0.3, -0.25) is 9.69 Å². The first-order chi connectivity index (χ1) is 10.1. The number of carboxylic acid groups (broad SMARTS) is 1. The number of nitrogens with zero attached hydrogens (tertiary/aromatic N) is 1. The molecule has 0 saturated carbocycles. The van der Waals surface area contributed by atoms with Gasteiger partial charge in [-0.2, -0.15) is 0 Å². The Morgan fingerprint density at radius 3 is 2.43 bits per heavy atom. The van der Waals surface area contributed by atoms with E-state index in [1.54, 1.807) is 0 Å². The molecular formula is C16H24N2O3. The summed E-state index contributed by atoms with van der Waals surface area (Å²) in [6, 6.07) is 9.04. The van der Waals surface area contributed by atoms with E-state index < -0.39 is 5.97 Å². The Hall–Kier alpha value is -2.04. The van der Waals surface area contributed by atoms with E-state index in [0.717, 1.165) is 19.3 Å². The number of hydrogen-bond donors (Lipinski definition) is 2. The van der Waals surface area contributed by atoms with Crippen molar-refractivity contribution >= 4 is 17.7 Å². The van der Waals surface area contributed by atoms with Crippen LogP contribution in [0.15, 0.2) is 30.3 Å². The Kier molecular flexibility index (Phi) is 7.29. The van der Waals surface area contributed by atoms with Gasteiger partial charge in [0.25, 0.3) is 0 Å². The van der Waals surface area contributed by atoms with E-state index in [-0.39, 0.29) is 25.0 Å². The van der Waals surface area contributed by atoms with Crippen molar-refractivity contribution in [3.05, 3.63) is 30.3 Å². The van der Waals surface area contributed by atoms with E-state index in [9.17, 15) is 9.59 Å². The highest BCUT2D eigenvalue weighted by molar-refractivity contribution is 5.92. The summed E-state index contributed by atoms with van der Waals surface area (Å²) in [6.45, 7) is 4.27. The third kappa shape index (κ3) is 5.85. The third-order valence-corrected chi connectivity index (χ3v) is 3.32. The summed E-state index contributed by atoms with van der Waals surface area (Å²) in [5.41, 5.74) is 0.711. The maximum absolute atomic E-state index is 12.4. The number of urea groups is 1. The number of rotatable bonds is 8. The third-order valence-electron chi connectivity index (χ3n) is 3.32. The molecule has 2 amide bonds. The summed E-state index contributed by atoms with van der Waals surface area (Å²) in [6.07, 6.45) is 2.71. The van der Waals surface area contributed by atoms with Crippen LogP contribution in [-0.4, -0.2) is 29.7 Å². The minimum atomic E-state index is -0.913. The highest BCUT2D eigenvalue weighted by Crippen LogP contribution is 2.14. The number of carboxylic acids is 1. The van der Waals surface area contributed by atoms with Gasteiger partial charge in [-0.05, 0) is 25.0 Å². The Balaban J connectivity index is 2.80. The van der Waals surface area contributed by atoms with Crippen LogP contribution >= 0.6 is 0 Å². The standard InChI is InChI=1S/C16H24N2O3/c1-3-8-13(4-2)17-16(21)18(12-11-15(19)20)14-9-6-5-7-10-14/h5-7,9-10,13H,3-4,8,11-12H2,1-2H3,(H,17,21)(H,19,20). The molecule has 0 spiro atoms. The molecule has 1 unspecified atom stereocenters. The van der Waals surface area contributed by atoms with Crippen molar-refractivity contribution in [2.75, 3.05) is 11.4 Å². The highest BCUT2D eigenvalue weighted by atomic mass is 16.4. The number of nitrogens with one attached hydrogen (secondary N) is 1. The first-order valence-corrected chi connectivity index (χ1v) is 7.43. The molecule has 0 heterocycles. The molecule has 2 N–H and O–H groups in total. The smallest absolute Gasteiger partial charge is 0.322 e. The van der Waals surface area contributed by atoms with Crippen molar-refractivity contribution in [1.29, 1.82) is 0 Å². The number of hydrogen-bond acceptors (Lipinski definition) is 2. The molecule has 0 saturated heterocycles. The van der Waals surface area contributed by atoms with Crippen LogP contribution in [0.5, 0.6) is 0 Å². The number of carbonyl (C=O) groups excluding carboxylic acids is 1. The molecule has 0 fully saturated rings. The maximum Gasteiger partial charge on any atom is 0.322 e. The lowest BCUT2D eigenvalue weighted by Gasteiger charge is -2.25. The van der Waals surface area contributed by atoms with Crippen molar-refractivity contribution in [3.8, 4) is 0 Å². The molecule has 0 aliphatic carbocycles. The molecule has 1 rings (SSSR count).